The van der Waals surface area contributed by atoms with E-state index in [2.05, 4.69) is 22.2 Å². The van der Waals surface area contributed by atoms with Crippen molar-refractivity contribution in [2.24, 2.45) is 0 Å². The molecule has 2 aromatic rings. The molecule has 15 heavy (non-hydrogen) atoms. The van der Waals surface area contributed by atoms with Crippen LogP contribution in [0.5, 0.6) is 0 Å². The molecule has 0 aliphatic heterocycles. The highest BCUT2D eigenvalue weighted by molar-refractivity contribution is 6.30. The number of aromatic amines is 1. The van der Waals surface area contributed by atoms with Crippen LogP contribution < -0.4 is 5.32 Å². The lowest BCUT2D eigenvalue weighted by Gasteiger charge is -2.13. The first-order valence-electron chi connectivity index (χ1n) is 4.77. The predicted molar refractivity (Wildman–Crippen MR) is 62.1 cm³/mol. The van der Waals surface area contributed by atoms with Crippen molar-refractivity contribution >= 4 is 17.5 Å². The SMILES string of the molecule is CC(Nc1ncc[nH]1)c1ccc(Cl)cc1. The highest BCUT2D eigenvalue weighted by Crippen LogP contribution is 2.18. The molecule has 1 atom stereocenters. The Hall–Kier alpha value is -1.48. The van der Waals surface area contributed by atoms with Crippen LogP contribution in [0, 0.1) is 0 Å². The van der Waals surface area contributed by atoms with Crippen molar-refractivity contribution in [2.45, 2.75) is 13.0 Å². The fourth-order valence-electron chi connectivity index (χ4n) is 1.38. The van der Waals surface area contributed by atoms with Gasteiger partial charge in [0.15, 0.2) is 0 Å². The van der Waals surface area contributed by atoms with E-state index in [1.165, 1.54) is 5.56 Å². The van der Waals surface area contributed by atoms with E-state index in [1.54, 1.807) is 12.4 Å². The molecule has 2 rings (SSSR count). The molecule has 0 amide bonds. The molecule has 3 nitrogen and oxygen atoms in total. The summed E-state index contributed by atoms with van der Waals surface area (Å²) in [6.07, 6.45) is 3.51. The van der Waals surface area contributed by atoms with Gasteiger partial charge in [0.25, 0.3) is 0 Å². The first kappa shape index (κ1) is 10.1. The van der Waals surface area contributed by atoms with Crippen molar-refractivity contribution in [1.29, 1.82) is 0 Å². The van der Waals surface area contributed by atoms with Crippen molar-refractivity contribution in [1.82, 2.24) is 9.97 Å². The lowest BCUT2D eigenvalue weighted by Crippen LogP contribution is -2.07. The Morgan fingerprint density at radius 3 is 2.67 bits per heavy atom. The highest BCUT2D eigenvalue weighted by Gasteiger charge is 2.05. The molecule has 0 spiro atoms. The van der Waals surface area contributed by atoms with E-state index >= 15 is 0 Å². The second-order valence-corrected chi connectivity index (χ2v) is 3.79. The monoisotopic (exact) mass is 221 g/mol. The minimum Gasteiger partial charge on any atom is -0.349 e. The van der Waals surface area contributed by atoms with Crippen LogP contribution in [-0.4, -0.2) is 9.97 Å². The van der Waals surface area contributed by atoms with E-state index in [1.807, 2.05) is 24.3 Å². The zero-order valence-electron chi connectivity index (χ0n) is 8.37. The number of imidazole rings is 1. The molecule has 0 radical (unpaired) electrons. The molecule has 2 N–H and O–H groups in total. The van der Waals surface area contributed by atoms with Gasteiger partial charge in [0, 0.05) is 17.4 Å². The van der Waals surface area contributed by atoms with Gasteiger partial charge in [-0.2, -0.15) is 0 Å². The van der Waals surface area contributed by atoms with Crippen LogP contribution in [0.4, 0.5) is 5.95 Å². The summed E-state index contributed by atoms with van der Waals surface area (Å²) in [7, 11) is 0. The summed E-state index contributed by atoms with van der Waals surface area (Å²) >= 11 is 5.82. The van der Waals surface area contributed by atoms with Gasteiger partial charge < -0.3 is 10.3 Å². The molecule has 0 aliphatic rings. The quantitative estimate of drug-likeness (QED) is 0.836. The molecule has 1 heterocycles. The number of anilines is 1. The number of rotatable bonds is 3. The van der Waals surface area contributed by atoms with Crippen LogP contribution in [0.3, 0.4) is 0 Å². The standard InChI is InChI=1S/C11H12ClN3/c1-8(15-11-13-6-7-14-11)9-2-4-10(12)5-3-9/h2-8H,1H3,(H2,13,14,15). The molecule has 0 aliphatic carbocycles. The Bertz CT molecular complexity index is 408. The summed E-state index contributed by atoms with van der Waals surface area (Å²) in [4.78, 5) is 7.11. The molecule has 4 heteroatoms. The van der Waals surface area contributed by atoms with Crippen LogP contribution in [-0.2, 0) is 0 Å². The molecule has 0 saturated heterocycles. The second-order valence-electron chi connectivity index (χ2n) is 3.36. The number of hydrogen-bond donors (Lipinski definition) is 2. The maximum Gasteiger partial charge on any atom is 0.200 e. The summed E-state index contributed by atoms with van der Waals surface area (Å²) in [6, 6.07) is 7.98. The van der Waals surface area contributed by atoms with E-state index in [0.717, 1.165) is 11.0 Å². The van der Waals surface area contributed by atoms with Gasteiger partial charge in [0.1, 0.15) is 0 Å². The lowest BCUT2D eigenvalue weighted by atomic mass is 10.1. The molecular formula is C11H12ClN3. The molecular weight excluding hydrogens is 210 g/mol. The van der Waals surface area contributed by atoms with Gasteiger partial charge in [-0.1, -0.05) is 23.7 Å². The second kappa shape index (κ2) is 4.36. The topological polar surface area (TPSA) is 40.7 Å². The van der Waals surface area contributed by atoms with Gasteiger partial charge in [0.2, 0.25) is 5.95 Å². The van der Waals surface area contributed by atoms with Crippen molar-refractivity contribution in [3.05, 3.63) is 47.2 Å². The third-order valence-electron chi connectivity index (χ3n) is 2.22. The van der Waals surface area contributed by atoms with E-state index < -0.39 is 0 Å². The Morgan fingerprint density at radius 2 is 2.07 bits per heavy atom. The Kier molecular flexibility index (Phi) is 2.92. The minimum atomic E-state index is 0.202. The molecule has 1 unspecified atom stereocenters. The largest absolute Gasteiger partial charge is 0.349 e. The number of nitrogens with zero attached hydrogens (tertiary/aromatic N) is 1. The summed E-state index contributed by atoms with van der Waals surface area (Å²) in [6.45, 7) is 2.08. The smallest absolute Gasteiger partial charge is 0.200 e. The summed E-state index contributed by atoms with van der Waals surface area (Å²) < 4.78 is 0. The number of hydrogen-bond acceptors (Lipinski definition) is 2. The Morgan fingerprint density at radius 1 is 1.33 bits per heavy atom. The fraction of sp³-hybridized carbons (Fsp3) is 0.182. The van der Waals surface area contributed by atoms with Gasteiger partial charge in [-0.05, 0) is 24.6 Å². The molecule has 0 saturated carbocycles. The number of halogens is 1. The van der Waals surface area contributed by atoms with E-state index in [4.69, 9.17) is 11.6 Å². The first-order valence-corrected chi connectivity index (χ1v) is 5.15. The predicted octanol–water partition coefficient (Wildman–Crippen LogP) is 3.24. The van der Waals surface area contributed by atoms with Gasteiger partial charge in [-0.3, -0.25) is 0 Å². The van der Waals surface area contributed by atoms with Crippen LogP contribution >= 0.6 is 11.6 Å². The zero-order valence-corrected chi connectivity index (χ0v) is 9.12. The zero-order chi connectivity index (χ0) is 10.7. The highest BCUT2D eigenvalue weighted by atomic mass is 35.5. The lowest BCUT2D eigenvalue weighted by molar-refractivity contribution is 0.867. The molecule has 1 aromatic carbocycles. The molecule has 78 valence electrons. The van der Waals surface area contributed by atoms with E-state index in [9.17, 15) is 0 Å². The minimum absolute atomic E-state index is 0.202. The van der Waals surface area contributed by atoms with E-state index in [0.29, 0.717) is 0 Å². The summed E-state index contributed by atoms with van der Waals surface area (Å²) in [5.41, 5.74) is 1.18. The third kappa shape index (κ3) is 2.50. The van der Waals surface area contributed by atoms with E-state index in [-0.39, 0.29) is 6.04 Å². The van der Waals surface area contributed by atoms with Crippen LogP contribution in [0.15, 0.2) is 36.7 Å². The van der Waals surface area contributed by atoms with Crippen molar-refractivity contribution in [3.8, 4) is 0 Å². The fourth-order valence-corrected chi connectivity index (χ4v) is 1.51. The normalized spacial score (nSPS) is 12.4. The van der Waals surface area contributed by atoms with Crippen LogP contribution in [0.25, 0.3) is 0 Å². The van der Waals surface area contributed by atoms with Gasteiger partial charge in [-0.15, -0.1) is 0 Å². The number of nitrogens with one attached hydrogen (secondary N) is 2. The van der Waals surface area contributed by atoms with Gasteiger partial charge >= 0.3 is 0 Å². The number of benzene rings is 1. The molecule has 1 aromatic heterocycles. The summed E-state index contributed by atoms with van der Waals surface area (Å²) in [5, 5.41) is 4.00. The van der Waals surface area contributed by atoms with Crippen molar-refractivity contribution < 1.29 is 0 Å². The summed E-state index contributed by atoms with van der Waals surface area (Å²) in [5.74, 6) is 0.775. The number of aromatic nitrogens is 2. The number of H-pyrrole nitrogens is 1. The Labute approximate surface area is 93.5 Å². The maximum atomic E-state index is 5.82. The average Bonchev–Trinajstić information content (AvgIpc) is 2.71. The van der Waals surface area contributed by atoms with Crippen LogP contribution in [0.2, 0.25) is 5.02 Å². The van der Waals surface area contributed by atoms with Crippen molar-refractivity contribution in [3.63, 3.8) is 0 Å². The molecule has 0 fully saturated rings. The maximum absolute atomic E-state index is 5.82. The van der Waals surface area contributed by atoms with Gasteiger partial charge in [0.05, 0.1) is 6.04 Å². The average molecular weight is 222 g/mol. The van der Waals surface area contributed by atoms with Crippen molar-refractivity contribution in [2.75, 3.05) is 5.32 Å². The third-order valence-corrected chi connectivity index (χ3v) is 2.47. The van der Waals surface area contributed by atoms with Gasteiger partial charge in [-0.25, -0.2) is 4.98 Å². The first-order chi connectivity index (χ1) is 7.25. The molecule has 0 bridgehead atoms. The van der Waals surface area contributed by atoms with Crippen LogP contribution in [0.1, 0.15) is 18.5 Å². The Balaban J connectivity index is 2.08.